The molecule has 0 amide bonds. The highest BCUT2D eigenvalue weighted by atomic mass is 16.5. The maximum absolute atomic E-state index is 7.40. The normalized spacial score (nSPS) is 16.0. The Morgan fingerprint density at radius 3 is 1.95 bits per heavy atom. The highest BCUT2D eigenvalue weighted by Gasteiger charge is 2.51. The minimum absolute atomic E-state index is 0.175. The maximum Gasteiger partial charge on any atom is 0.156 e. The summed E-state index contributed by atoms with van der Waals surface area (Å²) in [5.41, 5.74) is 18.3. The summed E-state index contributed by atoms with van der Waals surface area (Å²) in [4.78, 5) is 2.45. The van der Waals surface area contributed by atoms with E-state index in [0.29, 0.717) is 0 Å². The van der Waals surface area contributed by atoms with Crippen molar-refractivity contribution in [2.75, 3.05) is 4.90 Å². The fraction of sp³-hybridized carbons (Fsp3) is 0.0690. The van der Waals surface area contributed by atoms with Crippen LogP contribution in [0.5, 0.6) is 11.5 Å². The van der Waals surface area contributed by atoms with Crippen molar-refractivity contribution in [2.24, 2.45) is 0 Å². The van der Waals surface area contributed by atoms with Gasteiger partial charge in [-0.1, -0.05) is 178 Å². The van der Waals surface area contributed by atoms with Gasteiger partial charge in [0.25, 0.3) is 0 Å². The molecule has 0 radical (unpaired) electrons. The molecule has 2 aliphatic heterocycles. The summed E-state index contributed by atoms with van der Waals surface area (Å²) in [7, 11) is 0. The fourth-order valence-electron chi connectivity index (χ4n) is 11.3. The molecule has 0 saturated heterocycles. The van der Waals surface area contributed by atoms with E-state index in [1.54, 1.807) is 0 Å². The first kappa shape index (κ1) is 34.3. The van der Waals surface area contributed by atoms with Crippen LogP contribution in [-0.2, 0) is 10.8 Å². The van der Waals surface area contributed by atoms with Crippen LogP contribution in [0.25, 0.3) is 49.7 Å². The Labute approximate surface area is 355 Å². The molecule has 0 bridgehead atoms. The van der Waals surface area contributed by atoms with Crippen LogP contribution in [0.1, 0.15) is 47.2 Å². The van der Waals surface area contributed by atoms with E-state index in [2.05, 4.69) is 230 Å². The van der Waals surface area contributed by atoms with Crippen LogP contribution >= 0.6 is 0 Å². The Hall–Kier alpha value is -7.62. The summed E-state index contributed by atoms with van der Waals surface area (Å²) in [5.74, 6) is 1.71. The Bertz CT molecular complexity index is 3450. The van der Waals surface area contributed by atoms with E-state index < -0.39 is 5.41 Å². The Balaban J connectivity index is 1.14. The number of fused-ring (bicyclic) bond motifs is 14. The van der Waals surface area contributed by atoms with Crippen molar-refractivity contribution in [3.8, 4) is 39.4 Å². The third-order valence-electron chi connectivity index (χ3n) is 13.8. The lowest BCUT2D eigenvalue weighted by Crippen LogP contribution is -2.38. The third-order valence-corrected chi connectivity index (χ3v) is 13.8. The number of rotatable bonds is 4. The van der Waals surface area contributed by atoms with Crippen LogP contribution in [-0.4, -0.2) is 4.57 Å². The average molecular weight is 781 g/mol. The van der Waals surface area contributed by atoms with E-state index in [4.69, 9.17) is 4.74 Å². The Morgan fingerprint density at radius 2 is 1.07 bits per heavy atom. The fourth-order valence-corrected chi connectivity index (χ4v) is 11.3. The Morgan fingerprint density at radius 1 is 0.443 bits per heavy atom. The molecule has 61 heavy (non-hydrogen) atoms. The molecule has 1 atom stereocenters. The highest BCUT2D eigenvalue weighted by Crippen LogP contribution is 2.63. The van der Waals surface area contributed by atoms with Crippen LogP contribution < -0.4 is 9.64 Å². The first-order valence-electron chi connectivity index (χ1n) is 21.3. The standard InChI is InChI=1S/C58H40N2O/c1-57(2)44-24-9-6-21-40(44)41-35-34-38(36-49(41)57)59(50-29-12-7-20-39(50)37-18-4-3-5-19-37)53-32-17-28-48-56(53)61-54-33-15-11-26-46(54)58(48)45-25-10-14-31-52(45)60-51-30-13-8-22-42(51)43-23-16-27-47(58)55(43)60/h3-36H,1-2H3. The summed E-state index contributed by atoms with van der Waals surface area (Å²) >= 11 is 0. The molecular weight excluding hydrogens is 741 g/mol. The third kappa shape index (κ3) is 4.47. The minimum Gasteiger partial charge on any atom is -0.454 e. The van der Waals surface area contributed by atoms with Crippen molar-refractivity contribution in [1.29, 1.82) is 0 Å². The van der Waals surface area contributed by atoms with Crippen LogP contribution in [0.3, 0.4) is 0 Å². The molecule has 3 nitrogen and oxygen atoms in total. The molecule has 288 valence electrons. The lowest BCUT2D eigenvalue weighted by atomic mass is 9.61. The first-order chi connectivity index (χ1) is 30.0. The van der Waals surface area contributed by atoms with E-state index in [1.807, 2.05) is 0 Å². The van der Waals surface area contributed by atoms with Crippen LogP contribution in [0.4, 0.5) is 17.1 Å². The van der Waals surface area contributed by atoms with Crippen molar-refractivity contribution >= 4 is 38.9 Å². The number of nitrogens with zero attached hydrogens (tertiary/aromatic N) is 2. The lowest BCUT2D eigenvalue weighted by molar-refractivity contribution is 0.435. The van der Waals surface area contributed by atoms with Crippen molar-refractivity contribution in [1.82, 2.24) is 4.57 Å². The van der Waals surface area contributed by atoms with Gasteiger partial charge in [-0.15, -0.1) is 0 Å². The summed E-state index contributed by atoms with van der Waals surface area (Å²) in [6.07, 6.45) is 0. The van der Waals surface area contributed by atoms with Gasteiger partial charge in [0.1, 0.15) is 5.75 Å². The molecule has 10 aromatic rings. The van der Waals surface area contributed by atoms with E-state index in [1.165, 1.54) is 60.9 Å². The zero-order chi connectivity index (χ0) is 40.5. The molecular formula is C58H40N2O. The molecule has 9 aromatic carbocycles. The van der Waals surface area contributed by atoms with Crippen molar-refractivity contribution < 1.29 is 4.74 Å². The number of hydrogen-bond donors (Lipinski definition) is 0. The SMILES string of the molecule is CC1(C)c2ccccc2-c2ccc(N(c3ccccc3-c3ccccc3)c3cccc4c3Oc3ccccc3C43c4ccccc4-n4c5ccccc5c5cccc3c54)cc21. The minimum atomic E-state index is -0.688. The Kier molecular flexibility index (Phi) is 6.99. The zero-order valence-electron chi connectivity index (χ0n) is 33.9. The molecule has 3 heteroatoms. The van der Waals surface area contributed by atoms with Crippen LogP contribution in [0.2, 0.25) is 0 Å². The van der Waals surface area contributed by atoms with E-state index >= 15 is 0 Å². The first-order valence-corrected chi connectivity index (χ1v) is 21.3. The molecule has 1 unspecified atom stereocenters. The molecule has 3 aliphatic rings. The monoisotopic (exact) mass is 780 g/mol. The van der Waals surface area contributed by atoms with E-state index in [-0.39, 0.29) is 5.41 Å². The average Bonchev–Trinajstić information content (AvgIpc) is 3.77. The second-order valence-corrected chi connectivity index (χ2v) is 17.2. The number of hydrogen-bond acceptors (Lipinski definition) is 2. The van der Waals surface area contributed by atoms with Gasteiger partial charge in [0.2, 0.25) is 0 Å². The van der Waals surface area contributed by atoms with Gasteiger partial charge in [0, 0.05) is 38.6 Å². The van der Waals surface area contributed by atoms with Gasteiger partial charge in [-0.2, -0.15) is 0 Å². The second kappa shape index (κ2) is 12.5. The van der Waals surface area contributed by atoms with Crippen LogP contribution in [0, 0.1) is 0 Å². The van der Waals surface area contributed by atoms with Crippen molar-refractivity contribution in [3.63, 3.8) is 0 Å². The van der Waals surface area contributed by atoms with Gasteiger partial charge in [-0.3, -0.25) is 0 Å². The van der Waals surface area contributed by atoms with E-state index in [9.17, 15) is 0 Å². The predicted molar refractivity (Wildman–Crippen MR) is 250 cm³/mol. The molecule has 3 heterocycles. The molecule has 0 fully saturated rings. The van der Waals surface area contributed by atoms with Crippen molar-refractivity contribution in [2.45, 2.75) is 24.7 Å². The summed E-state index contributed by atoms with van der Waals surface area (Å²) < 4.78 is 9.89. The van der Waals surface area contributed by atoms with E-state index in [0.717, 1.165) is 50.8 Å². The topological polar surface area (TPSA) is 17.4 Å². The number of aromatic nitrogens is 1. The molecule has 13 rings (SSSR count). The van der Waals surface area contributed by atoms with Gasteiger partial charge >= 0.3 is 0 Å². The maximum atomic E-state index is 7.40. The highest BCUT2D eigenvalue weighted by molar-refractivity contribution is 6.12. The van der Waals surface area contributed by atoms with Gasteiger partial charge in [-0.25, -0.2) is 0 Å². The largest absolute Gasteiger partial charge is 0.454 e. The molecule has 1 spiro atoms. The van der Waals surface area contributed by atoms with Crippen LogP contribution in [0.15, 0.2) is 206 Å². The smallest absolute Gasteiger partial charge is 0.156 e. The number of benzene rings is 9. The van der Waals surface area contributed by atoms with Gasteiger partial charge < -0.3 is 14.2 Å². The molecule has 1 aliphatic carbocycles. The van der Waals surface area contributed by atoms with Gasteiger partial charge in [0.05, 0.1) is 33.5 Å². The lowest BCUT2D eigenvalue weighted by Gasteiger charge is -2.46. The number of anilines is 3. The summed E-state index contributed by atoms with van der Waals surface area (Å²) in [5, 5.41) is 2.51. The van der Waals surface area contributed by atoms with Gasteiger partial charge in [-0.05, 0) is 81.4 Å². The van der Waals surface area contributed by atoms with Crippen molar-refractivity contribution in [3.05, 3.63) is 240 Å². The van der Waals surface area contributed by atoms with Gasteiger partial charge in [0.15, 0.2) is 5.75 Å². The zero-order valence-corrected chi connectivity index (χ0v) is 33.9. The predicted octanol–water partition coefficient (Wildman–Crippen LogP) is 15.0. The summed E-state index contributed by atoms with van der Waals surface area (Å²) in [6.45, 7) is 4.72. The molecule has 0 N–H and O–H groups in total. The second-order valence-electron chi connectivity index (χ2n) is 17.2. The number of para-hydroxylation sites is 6. The quantitative estimate of drug-likeness (QED) is 0.177. The summed E-state index contributed by atoms with van der Waals surface area (Å²) in [6, 6.07) is 75.8. The molecule has 1 aromatic heterocycles. The molecule has 0 saturated carbocycles. The number of ether oxygens (including phenoxy) is 1.